The van der Waals surface area contributed by atoms with Gasteiger partial charge in [-0.1, -0.05) is 30.3 Å². The molecule has 0 radical (unpaired) electrons. The third kappa shape index (κ3) is 5.89. The largest absolute Gasteiger partial charge is 0.356 e. The van der Waals surface area contributed by atoms with E-state index in [0.29, 0.717) is 38.2 Å². The Hall–Kier alpha value is -2.73. The number of carbonyl (C=O) groups excluding carboxylic acids is 2. The van der Waals surface area contributed by atoms with Crippen LogP contribution in [0.4, 0.5) is 10.1 Å². The maximum atomic E-state index is 13.6. The second kappa shape index (κ2) is 10.3. The fourth-order valence-electron chi connectivity index (χ4n) is 3.80. The highest BCUT2D eigenvalue weighted by molar-refractivity contribution is 5.93. The number of hydrogen-bond donors (Lipinski definition) is 2. The van der Waals surface area contributed by atoms with E-state index >= 15 is 0 Å². The van der Waals surface area contributed by atoms with Crippen LogP contribution in [0, 0.1) is 25.6 Å². The minimum Gasteiger partial charge on any atom is -0.356 e. The van der Waals surface area contributed by atoms with Crippen LogP contribution in [-0.2, 0) is 16.0 Å². The lowest BCUT2D eigenvalue weighted by molar-refractivity contribution is -0.126. The maximum absolute atomic E-state index is 13.6. The third-order valence-corrected chi connectivity index (χ3v) is 5.86. The van der Waals surface area contributed by atoms with Crippen LogP contribution in [0.25, 0.3) is 0 Å². The van der Waals surface area contributed by atoms with Gasteiger partial charge < -0.3 is 10.6 Å². The summed E-state index contributed by atoms with van der Waals surface area (Å²) in [7, 11) is 0. The molecular weight excluding hydrogens is 381 g/mol. The minimum atomic E-state index is -0.237. The van der Waals surface area contributed by atoms with Gasteiger partial charge in [-0.25, -0.2) is 4.39 Å². The Morgan fingerprint density at radius 3 is 2.53 bits per heavy atom. The monoisotopic (exact) mass is 411 g/mol. The number of piperidine rings is 1. The summed E-state index contributed by atoms with van der Waals surface area (Å²) in [4.78, 5) is 26.9. The molecule has 3 rings (SSSR count). The average Bonchev–Trinajstić information content (AvgIpc) is 2.73. The molecule has 2 N–H and O–H groups in total. The first-order valence-electron chi connectivity index (χ1n) is 10.5. The summed E-state index contributed by atoms with van der Waals surface area (Å²) < 4.78 is 13.6. The predicted octanol–water partition coefficient (Wildman–Crippen LogP) is 3.45. The molecule has 2 amide bonds. The molecule has 0 bridgehead atoms. The Morgan fingerprint density at radius 1 is 1.07 bits per heavy atom. The molecule has 0 aliphatic carbocycles. The van der Waals surface area contributed by atoms with Gasteiger partial charge in [0.15, 0.2) is 0 Å². The van der Waals surface area contributed by atoms with E-state index in [-0.39, 0.29) is 23.5 Å². The molecule has 1 saturated heterocycles. The van der Waals surface area contributed by atoms with E-state index in [1.54, 1.807) is 18.2 Å². The van der Waals surface area contributed by atoms with Crippen molar-refractivity contribution in [3.8, 4) is 0 Å². The minimum absolute atomic E-state index is 0.0193. The molecule has 6 heteroatoms. The van der Waals surface area contributed by atoms with Crippen LogP contribution in [0.2, 0.25) is 0 Å². The van der Waals surface area contributed by atoms with Crippen molar-refractivity contribution in [1.82, 2.24) is 10.2 Å². The van der Waals surface area contributed by atoms with Crippen LogP contribution >= 0.6 is 0 Å². The second-order valence-corrected chi connectivity index (χ2v) is 7.98. The third-order valence-electron chi connectivity index (χ3n) is 5.86. The van der Waals surface area contributed by atoms with Crippen molar-refractivity contribution in [2.75, 3.05) is 31.5 Å². The first-order chi connectivity index (χ1) is 14.4. The van der Waals surface area contributed by atoms with Gasteiger partial charge in [0, 0.05) is 18.2 Å². The Labute approximate surface area is 177 Å². The molecule has 5 nitrogen and oxygen atoms in total. The first kappa shape index (κ1) is 22.0. The highest BCUT2D eigenvalue weighted by Gasteiger charge is 2.25. The number of hydrogen-bond acceptors (Lipinski definition) is 3. The zero-order valence-corrected chi connectivity index (χ0v) is 17.7. The van der Waals surface area contributed by atoms with Gasteiger partial charge in [-0.05, 0) is 75.0 Å². The number of likely N-dealkylation sites (tertiary alicyclic amines) is 1. The van der Waals surface area contributed by atoms with E-state index in [9.17, 15) is 14.0 Å². The number of aryl methyl sites for hydroxylation is 1. The second-order valence-electron chi connectivity index (χ2n) is 7.98. The molecule has 2 aromatic carbocycles. The lowest BCUT2D eigenvalue weighted by Gasteiger charge is -2.30. The van der Waals surface area contributed by atoms with Crippen LogP contribution in [0.3, 0.4) is 0 Å². The first-order valence-corrected chi connectivity index (χ1v) is 10.5. The number of anilines is 1. The molecule has 0 aromatic heterocycles. The summed E-state index contributed by atoms with van der Waals surface area (Å²) in [5, 5.41) is 5.91. The van der Waals surface area contributed by atoms with Gasteiger partial charge in [0.25, 0.3) is 0 Å². The summed E-state index contributed by atoms with van der Waals surface area (Å²) in [6.45, 7) is 6.21. The standard InChI is InChI=1S/C24H30FN3O2/c1-17-6-5-9-22(18(17)2)27-23(29)16-28-14-11-20(12-15-28)24(30)26-13-10-19-7-3-4-8-21(19)25/h3-9,20H,10-16H2,1-2H3,(H,26,30)(H,27,29). The topological polar surface area (TPSA) is 61.4 Å². The number of halogens is 1. The molecule has 30 heavy (non-hydrogen) atoms. The van der Waals surface area contributed by atoms with Gasteiger partial charge in [0.05, 0.1) is 6.54 Å². The zero-order valence-electron chi connectivity index (χ0n) is 17.7. The number of benzene rings is 2. The van der Waals surface area contributed by atoms with E-state index in [1.807, 2.05) is 32.0 Å². The molecule has 0 spiro atoms. The smallest absolute Gasteiger partial charge is 0.238 e. The molecule has 1 heterocycles. The number of rotatable bonds is 7. The van der Waals surface area contributed by atoms with E-state index < -0.39 is 0 Å². The molecule has 0 unspecified atom stereocenters. The van der Waals surface area contributed by atoms with Gasteiger partial charge in [0.2, 0.25) is 11.8 Å². The fourth-order valence-corrected chi connectivity index (χ4v) is 3.80. The number of amides is 2. The Morgan fingerprint density at radius 2 is 1.80 bits per heavy atom. The zero-order chi connectivity index (χ0) is 21.5. The number of carbonyl (C=O) groups is 2. The van der Waals surface area contributed by atoms with E-state index in [1.165, 1.54) is 6.07 Å². The van der Waals surface area contributed by atoms with Crippen LogP contribution in [0.5, 0.6) is 0 Å². The molecule has 2 aromatic rings. The van der Waals surface area contributed by atoms with Crippen LogP contribution in [-0.4, -0.2) is 42.9 Å². The summed E-state index contributed by atoms with van der Waals surface area (Å²) in [5.41, 5.74) is 3.69. The Kier molecular flexibility index (Phi) is 7.57. The summed E-state index contributed by atoms with van der Waals surface area (Å²) >= 11 is 0. The van der Waals surface area contributed by atoms with E-state index in [4.69, 9.17) is 0 Å². The van der Waals surface area contributed by atoms with E-state index in [0.717, 1.165) is 29.7 Å². The fraction of sp³-hybridized carbons (Fsp3) is 0.417. The predicted molar refractivity (Wildman–Crippen MR) is 117 cm³/mol. The molecule has 160 valence electrons. The van der Waals surface area contributed by atoms with Crippen molar-refractivity contribution in [2.45, 2.75) is 33.1 Å². The SMILES string of the molecule is Cc1cccc(NC(=O)CN2CCC(C(=O)NCCc3ccccc3F)CC2)c1C. The summed E-state index contributed by atoms with van der Waals surface area (Å²) in [6.07, 6.45) is 1.93. The molecule has 1 aliphatic heterocycles. The molecule has 0 atom stereocenters. The molecule has 1 aliphatic rings. The average molecular weight is 412 g/mol. The molecular formula is C24H30FN3O2. The maximum Gasteiger partial charge on any atom is 0.238 e. The van der Waals surface area contributed by atoms with Gasteiger partial charge >= 0.3 is 0 Å². The van der Waals surface area contributed by atoms with Crippen molar-refractivity contribution in [1.29, 1.82) is 0 Å². The van der Waals surface area contributed by atoms with Crippen LogP contribution in [0.1, 0.15) is 29.5 Å². The normalized spacial score (nSPS) is 15.0. The quantitative estimate of drug-likeness (QED) is 0.734. The highest BCUT2D eigenvalue weighted by Crippen LogP contribution is 2.20. The van der Waals surface area contributed by atoms with E-state index in [2.05, 4.69) is 15.5 Å². The van der Waals surface area contributed by atoms with Gasteiger partial charge in [-0.2, -0.15) is 0 Å². The van der Waals surface area contributed by atoms with Crippen molar-refractivity contribution in [3.63, 3.8) is 0 Å². The van der Waals surface area contributed by atoms with Crippen LogP contribution < -0.4 is 10.6 Å². The number of nitrogens with zero attached hydrogens (tertiary/aromatic N) is 1. The van der Waals surface area contributed by atoms with Crippen molar-refractivity contribution < 1.29 is 14.0 Å². The van der Waals surface area contributed by atoms with Crippen LogP contribution in [0.15, 0.2) is 42.5 Å². The van der Waals surface area contributed by atoms with Crippen molar-refractivity contribution in [3.05, 3.63) is 65.0 Å². The Balaban J connectivity index is 1.38. The van der Waals surface area contributed by atoms with Crippen molar-refractivity contribution >= 4 is 17.5 Å². The lowest BCUT2D eigenvalue weighted by Crippen LogP contribution is -2.43. The lowest BCUT2D eigenvalue weighted by atomic mass is 9.96. The van der Waals surface area contributed by atoms with Crippen molar-refractivity contribution in [2.24, 2.45) is 5.92 Å². The Bertz CT molecular complexity index is 892. The highest BCUT2D eigenvalue weighted by atomic mass is 19.1. The van der Waals surface area contributed by atoms with Gasteiger partial charge in [0.1, 0.15) is 5.82 Å². The van der Waals surface area contributed by atoms with Gasteiger partial charge in [-0.15, -0.1) is 0 Å². The number of nitrogens with one attached hydrogen (secondary N) is 2. The summed E-state index contributed by atoms with van der Waals surface area (Å²) in [6, 6.07) is 12.5. The molecule has 0 saturated carbocycles. The molecule has 1 fully saturated rings. The summed E-state index contributed by atoms with van der Waals surface area (Å²) in [5.74, 6) is -0.301. The van der Waals surface area contributed by atoms with Gasteiger partial charge in [-0.3, -0.25) is 14.5 Å².